The Morgan fingerprint density at radius 1 is 1.08 bits per heavy atom. The SMILES string of the molecule is CC(C)c1ccc(C(=O)CSc2nnc3ccccn23)c(C(C)C)c1. The number of hydrogen-bond donors (Lipinski definition) is 0. The first-order valence-electron chi connectivity index (χ1n) is 8.57. The van der Waals surface area contributed by atoms with Crippen molar-refractivity contribution in [1.29, 1.82) is 0 Å². The van der Waals surface area contributed by atoms with Gasteiger partial charge in [0.1, 0.15) is 0 Å². The maximum atomic E-state index is 12.8. The molecule has 0 amide bonds. The van der Waals surface area contributed by atoms with Crippen molar-refractivity contribution in [2.45, 2.75) is 44.7 Å². The highest BCUT2D eigenvalue weighted by molar-refractivity contribution is 7.99. The summed E-state index contributed by atoms with van der Waals surface area (Å²) in [6, 6.07) is 12.0. The Bertz CT molecular complexity index is 899. The molecule has 0 radical (unpaired) electrons. The van der Waals surface area contributed by atoms with E-state index in [0.29, 0.717) is 17.6 Å². The zero-order valence-electron chi connectivity index (χ0n) is 15.1. The fourth-order valence-corrected chi connectivity index (χ4v) is 3.61. The van der Waals surface area contributed by atoms with Crippen molar-refractivity contribution in [2.24, 2.45) is 0 Å². The number of nitrogens with zero attached hydrogens (tertiary/aromatic N) is 3. The number of pyridine rings is 1. The number of carbonyl (C=O) groups is 1. The Balaban J connectivity index is 1.81. The van der Waals surface area contributed by atoms with E-state index < -0.39 is 0 Å². The van der Waals surface area contributed by atoms with E-state index >= 15 is 0 Å². The zero-order chi connectivity index (χ0) is 18.0. The highest BCUT2D eigenvalue weighted by Gasteiger charge is 2.17. The van der Waals surface area contributed by atoms with E-state index in [1.54, 1.807) is 0 Å². The average molecular weight is 353 g/mol. The van der Waals surface area contributed by atoms with Crippen LogP contribution in [0.15, 0.2) is 47.8 Å². The van der Waals surface area contributed by atoms with Gasteiger partial charge >= 0.3 is 0 Å². The fourth-order valence-electron chi connectivity index (χ4n) is 2.80. The molecule has 0 aliphatic carbocycles. The van der Waals surface area contributed by atoms with Gasteiger partial charge < -0.3 is 0 Å². The summed E-state index contributed by atoms with van der Waals surface area (Å²) in [6.07, 6.45) is 1.92. The lowest BCUT2D eigenvalue weighted by Crippen LogP contribution is -2.09. The minimum atomic E-state index is 0.136. The van der Waals surface area contributed by atoms with E-state index in [9.17, 15) is 4.79 Å². The smallest absolute Gasteiger partial charge is 0.196 e. The molecule has 0 bridgehead atoms. The van der Waals surface area contributed by atoms with Gasteiger partial charge in [0.15, 0.2) is 16.6 Å². The van der Waals surface area contributed by atoms with E-state index in [2.05, 4.69) is 50.0 Å². The number of carbonyl (C=O) groups excluding carboxylic acids is 1. The molecule has 4 nitrogen and oxygen atoms in total. The third kappa shape index (κ3) is 3.76. The van der Waals surface area contributed by atoms with E-state index in [4.69, 9.17) is 0 Å². The van der Waals surface area contributed by atoms with Gasteiger partial charge in [0.05, 0.1) is 5.75 Å². The molecule has 0 saturated heterocycles. The van der Waals surface area contributed by atoms with Crippen LogP contribution in [0.2, 0.25) is 0 Å². The van der Waals surface area contributed by atoms with Crippen LogP contribution in [0.4, 0.5) is 0 Å². The summed E-state index contributed by atoms with van der Waals surface area (Å²) in [5.74, 6) is 1.27. The number of benzene rings is 1. The maximum absolute atomic E-state index is 12.8. The molecule has 5 heteroatoms. The van der Waals surface area contributed by atoms with Crippen LogP contribution in [0.5, 0.6) is 0 Å². The van der Waals surface area contributed by atoms with Gasteiger partial charge in [-0.05, 0) is 35.1 Å². The van der Waals surface area contributed by atoms with Crippen molar-refractivity contribution in [1.82, 2.24) is 14.6 Å². The molecule has 0 aliphatic rings. The summed E-state index contributed by atoms with van der Waals surface area (Å²) in [5.41, 5.74) is 4.02. The van der Waals surface area contributed by atoms with Gasteiger partial charge in [0, 0.05) is 11.8 Å². The fraction of sp³-hybridized carbons (Fsp3) is 0.350. The van der Waals surface area contributed by atoms with Crippen molar-refractivity contribution >= 4 is 23.2 Å². The molecule has 0 N–H and O–H groups in total. The molecule has 2 aromatic heterocycles. The number of aromatic nitrogens is 3. The highest BCUT2D eigenvalue weighted by atomic mass is 32.2. The minimum absolute atomic E-state index is 0.136. The lowest BCUT2D eigenvalue weighted by Gasteiger charge is -2.15. The molecule has 0 saturated carbocycles. The molecule has 0 unspecified atom stereocenters. The Labute approximate surface area is 152 Å². The van der Waals surface area contributed by atoms with Crippen LogP contribution in [0.1, 0.15) is 61.0 Å². The minimum Gasteiger partial charge on any atom is -0.293 e. The molecule has 1 aromatic carbocycles. The normalized spacial score (nSPS) is 11.6. The molecule has 0 fully saturated rings. The van der Waals surface area contributed by atoms with Crippen molar-refractivity contribution in [3.63, 3.8) is 0 Å². The van der Waals surface area contributed by atoms with Gasteiger partial charge in [-0.1, -0.05) is 63.7 Å². The largest absolute Gasteiger partial charge is 0.293 e. The van der Waals surface area contributed by atoms with Gasteiger partial charge in [-0.3, -0.25) is 9.20 Å². The molecule has 0 atom stereocenters. The van der Waals surface area contributed by atoms with Crippen LogP contribution < -0.4 is 0 Å². The first-order chi connectivity index (χ1) is 12.0. The first-order valence-corrected chi connectivity index (χ1v) is 9.55. The monoisotopic (exact) mass is 353 g/mol. The molecule has 3 rings (SSSR count). The molecular formula is C20H23N3OS. The Morgan fingerprint density at radius 2 is 1.88 bits per heavy atom. The van der Waals surface area contributed by atoms with Crippen LogP contribution >= 0.6 is 11.8 Å². The number of fused-ring (bicyclic) bond motifs is 1. The maximum Gasteiger partial charge on any atom is 0.196 e. The molecule has 25 heavy (non-hydrogen) atoms. The van der Waals surface area contributed by atoms with Crippen LogP contribution in [0.3, 0.4) is 0 Å². The number of rotatable bonds is 6. The Morgan fingerprint density at radius 3 is 2.60 bits per heavy atom. The number of hydrogen-bond acceptors (Lipinski definition) is 4. The molecule has 3 aromatic rings. The summed E-state index contributed by atoms with van der Waals surface area (Å²) in [5, 5.41) is 9.05. The molecule has 2 heterocycles. The third-order valence-corrected chi connectivity index (χ3v) is 5.22. The van der Waals surface area contributed by atoms with Gasteiger partial charge in [-0.2, -0.15) is 0 Å². The van der Waals surface area contributed by atoms with E-state index in [1.165, 1.54) is 17.3 Å². The van der Waals surface area contributed by atoms with Gasteiger partial charge in [-0.25, -0.2) is 0 Å². The van der Waals surface area contributed by atoms with Crippen molar-refractivity contribution in [3.05, 3.63) is 59.3 Å². The van der Waals surface area contributed by atoms with E-state index in [1.807, 2.05) is 34.9 Å². The summed E-state index contributed by atoms with van der Waals surface area (Å²) >= 11 is 1.43. The average Bonchev–Trinajstić information content (AvgIpc) is 3.02. The topological polar surface area (TPSA) is 47.3 Å². The van der Waals surface area contributed by atoms with Crippen molar-refractivity contribution < 1.29 is 4.79 Å². The highest BCUT2D eigenvalue weighted by Crippen LogP contribution is 2.27. The lowest BCUT2D eigenvalue weighted by molar-refractivity contribution is 0.102. The first kappa shape index (κ1) is 17.7. The second-order valence-corrected chi connectivity index (χ2v) is 7.72. The van der Waals surface area contributed by atoms with E-state index in [-0.39, 0.29) is 5.78 Å². The predicted molar refractivity (Wildman–Crippen MR) is 103 cm³/mol. The Kier molecular flexibility index (Phi) is 5.23. The quantitative estimate of drug-likeness (QED) is 0.465. The second kappa shape index (κ2) is 7.40. The van der Waals surface area contributed by atoms with Crippen LogP contribution in [-0.2, 0) is 0 Å². The number of ketones is 1. The predicted octanol–water partition coefficient (Wildman–Crippen LogP) is 4.95. The summed E-state index contributed by atoms with van der Waals surface area (Å²) in [4.78, 5) is 12.8. The van der Waals surface area contributed by atoms with Crippen LogP contribution in [0, 0.1) is 0 Å². The van der Waals surface area contributed by atoms with Gasteiger partial charge in [0.25, 0.3) is 0 Å². The standard InChI is InChI=1S/C20H23N3OS/c1-13(2)15-8-9-16(17(11-15)14(3)4)18(24)12-25-20-22-21-19-7-5-6-10-23(19)20/h5-11,13-14H,12H2,1-4H3. The van der Waals surface area contributed by atoms with Crippen molar-refractivity contribution in [3.8, 4) is 0 Å². The summed E-state index contributed by atoms with van der Waals surface area (Å²) < 4.78 is 1.91. The molecule has 0 aliphatic heterocycles. The van der Waals surface area contributed by atoms with Crippen LogP contribution in [0.25, 0.3) is 5.65 Å². The van der Waals surface area contributed by atoms with Gasteiger partial charge in [-0.15, -0.1) is 10.2 Å². The van der Waals surface area contributed by atoms with Gasteiger partial charge in [0.2, 0.25) is 0 Å². The van der Waals surface area contributed by atoms with Crippen molar-refractivity contribution in [2.75, 3.05) is 5.75 Å². The molecule has 130 valence electrons. The molecule has 0 spiro atoms. The Hall–Kier alpha value is -2.14. The third-order valence-electron chi connectivity index (χ3n) is 4.28. The second-order valence-electron chi connectivity index (χ2n) is 6.78. The van der Waals surface area contributed by atoms with E-state index in [0.717, 1.165) is 21.9 Å². The lowest BCUT2D eigenvalue weighted by atomic mass is 9.90. The summed E-state index contributed by atoms with van der Waals surface area (Å²) in [6.45, 7) is 8.62. The zero-order valence-corrected chi connectivity index (χ0v) is 15.9. The number of thioether (sulfide) groups is 1. The molecular weight excluding hydrogens is 330 g/mol. The van der Waals surface area contributed by atoms with Crippen LogP contribution in [-0.4, -0.2) is 26.1 Å². The number of Topliss-reactive ketones (excluding diaryl/α,β-unsaturated/α-hetero) is 1. The summed E-state index contributed by atoms with van der Waals surface area (Å²) in [7, 11) is 0.